The van der Waals surface area contributed by atoms with Gasteiger partial charge in [-0.1, -0.05) is 72.8 Å². The van der Waals surface area contributed by atoms with Crippen molar-refractivity contribution in [3.8, 4) is 23.0 Å². The summed E-state index contributed by atoms with van der Waals surface area (Å²) in [6, 6.07) is 30.9. The van der Waals surface area contributed by atoms with E-state index < -0.39 is 11.9 Å². The van der Waals surface area contributed by atoms with Crippen LogP contribution in [-0.4, -0.2) is 72.8 Å². The largest absolute Gasteiger partial charge is 0.508 e. The van der Waals surface area contributed by atoms with Crippen molar-refractivity contribution in [2.45, 2.75) is 38.5 Å². The lowest BCUT2D eigenvalue weighted by Gasteiger charge is -2.12. The van der Waals surface area contributed by atoms with E-state index in [-0.39, 0.29) is 0 Å². The Bertz CT molecular complexity index is 1400. The molecule has 0 fully saturated rings. The van der Waals surface area contributed by atoms with Gasteiger partial charge in [0.1, 0.15) is 23.0 Å². The summed E-state index contributed by atoms with van der Waals surface area (Å²) in [5.41, 5.74) is 4.05. The summed E-state index contributed by atoms with van der Waals surface area (Å²) in [7, 11) is 3.92. The Morgan fingerprint density at radius 2 is 0.854 bits per heavy atom. The van der Waals surface area contributed by atoms with Crippen LogP contribution in [0.15, 0.2) is 97.1 Å². The molecule has 258 valence electrons. The third kappa shape index (κ3) is 15.5. The minimum Gasteiger partial charge on any atom is -0.508 e. The quantitative estimate of drug-likeness (QED) is 0.0634. The molecule has 0 bridgehead atoms. The lowest BCUT2D eigenvalue weighted by Crippen LogP contribution is -2.09. The molecule has 6 N–H and O–H groups in total. The van der Waals surface area contributed by atoms with Crippen LogP contribution in [0.4, 0.5) is 0 Å². The number of hydrogen-bond acceptors (Lipinski definition) is 8. The Labute approximate surface area is 283 Å². The number of nitrogens with one attached hydrogen (secondary N) is 2. The van der Waals surface area contributed by atoms with Gasteiger partial charge >= 0.3 is 11.9 Å². The molecule has 48 heavy (non-hydrogen) atoms. The van der Waals surface area contributed by atoms with E-state index in [0.717, 1.165) is 85.7 Å². The minimum absolute atomic E-state index is 0.335. The van der Waals surface area contributed by atoms with Gasteiger partial charge in [0.15, 0.2) is 0 Å². The van der Waals surface area contributed by atoms with Gasteiger partial charge in [-0.3, -0.25) is 0 Å². The highest BCUT2D eigenvalue weighted by Crippen LogP contribution is 2.27. The van der Waals surface area contributed by atoms with Crippen LogP contribution in [0.3, 0.4) is 0 Å². The number of hydrogen-bond donors (Lipinski definition) is 6. The summed E-state index contributed by atoms with van der Waals surface area (Å²) in [5, 5.41) is 40.8. The van der Waals surface area contributed by atoms with Gasteiger partial charge in [-0.2, -0.15) is 0 Å². The van der Waals surface area contributed by atoms with Crippen molar-refractivity contribution in [1.82, 2.24) is 10.6 Å². The summed E-state index contributed by atoms with van der Waals surface area (Å²) in [6.07, 6.45) is 5.65. The highest BCUT2D eigenvalue weighted by atomic mass is 16.5. The molecule has 0 unspecified atom stereocenters. The number of unbranched alkanes of at least 4 members (excludes halogenated alkanes) is 2. The number of para-hydroxylation sites is 4. The normalized spacial score (nSPS) is 10.1. The number of aliphatic carboxylic acids is 2. The zero-order valence-electron chi connectivity index (χ0n) is 27.7. The molecule has 0 aliphatic rings. The standard InChI is InChI=1S/2C18H23NO2.C2H2O4/c2*1-19-12-6-7-13-21-18-11-5-3-9-16(18)14-15-8-2-4-10-17(15)20;3-1(4)2(5)6/h2*2-5,8-11,19-20H,6-7,12-14H2,1H3;(H,3,4)(H,5,6). The molecular formula is C38H48N2O8. The molecule has 4 rings (SSSR count). The maximum absolute atomic E-state index is 9.89. The van der Waals surface area contributed by atoms with Crippen molar-refractivity contribution < 1.29 is 39.5 Å². The van der Waals surface area contributed by atoms with Crippen LogP contribution in [-0.2, 0) is 22.4 Å². The van der Waals surface area contributed by atoms with Gasteiger partial charge in [-0.05, 0) is 99.4 Å². The molecule has 0 radical (unpaired) electrons. The third-order valence-electron chi connectivity index (χ3n) is 7.03. The zero-order chi connectivity index (χ0) is 35.0. The zero-order valence-corrected chi connectivity index (χ0v) is 27.7. The van der Waals surface area contributed by atoms with Crippen molar-refractivity contribution in [3.05, 3.63) is 119 Å². The molecule has 0 amide bonds. The third-order valence-corrected chi connectivity index (χ3v) is 7.03. The van der Waals surface area contributed by atoms with Crippen molar-refractivity contribution >= 4 is 11.9 Å². The average Bonchev–Trinajstić information content (AvgIpc) is 3.08. The first-order valence-electron chi connectivity index (χ1n) is 16.0. The van der Waals surface area contributed by atoms with Crippen LogP contribution in [0, 0.1) is 0 Å². The maximum atomic E-state index is 9.89. The van der Waals surface area contributed by atoms with E-state index in [9.17, 15) is 10.2 Å². The predicted octanol–water partition coefficient (Wildman–Crippen LogP) is 5.88. The molecule has 4 aromatic carbocycles. The van der Waals surface area contributed by atoms with Crippen molar-refractivity contribution in [2.75, 3.05) is 40.4 Å². The number of ether oxygens (including phenoxy) is 2. The summed E-state index contributed by atoms with van der Waals surface area (Å²) < 4.78 is 11.8. The van der Waals surface area contributed by atoms with E-state index in [1.807, 2.05) is 86.9 Å². The number of phenolic OH excluding ortho intramolecular Hbond substituents is 2. The molecule has 0 aromatic heterocycles. The summed E-state index contributed by atoms with van der Waals surface area (Å²) in [4.78, 5) is 18.2. The topological polar surface area (TPSA) is 158 Å². The SMILES string of the molecule is CNCCCCOc1ccccc1Cc1ccccc1O.CNCCCCOc1ccccc1Cc1ccccc1O.O=C(O)C(=O)O. The molecule has 0 atom stereocenters. The van der Waals surface area contributed by atoms with Crippen molar-refractivity contribution in [1.29, 1.82) is 0 Å². The van der Waals surface area contributed by atoms with Gasteiger partial charge < -0.3 is 40.5 Å². The van der Waals surface area contributed by atoms with Crippen LogP contribution in [0.25, 0.3) is 0 Å². The van der Waals surface area contributed by atoms with E-state index in [2.05, 4.69) is 22.8 Å². The number of carboxylic acid groups (broad SMARTS) is 2. The van der Waals surface area contributed by atoms with E-state index >= 15 is 0 Å². The number of rotatable bonds is 16. The monoisotopic (exact) mass is 660 g/mol. The Kier molecular flexibility index (Phi) is 19.0. The minimum atomic E-state index is -1.82. The maximum Gasteiger partial charge on any atom is 0.414 e. The van der Waals surface area contributed by atoms with Gasteiger partial charge in [-0.15, -0.1) is 0 Å². The van der Waals surface area contributed by atoms with Crippen molar-refractivity contribution in [3.63, 3.8) is 0 Å². The fourth-order valence-corrected chi connectivity index (χ4v) is 4.48. The van der Waals surface area contributed by atoms with Gasteiger partial charge in [0.25, 0.3) is 0 Å². The molecule has 0 aliphatic carbocycles. The van der Waals surface area contributed by atoms with Crippen LogP contribution in [0.1, 0.15) is 47.9 Å². The molecule has 0 saturated heterocycles. The second kappa shape index (κ2) is 23.3. The van der Waals surface area contributed by atoms with Crippen LogP contribution < -0.4 is 20.1 Å². The number of phenols is 2. The van der Waals surface area contributed by atoms with E-state index in [4.69, 9.17) is 29.3 Å². The fraction of sp³-hybridized carbons (Fsp3) is 0.316. The van der Waals surface area contributed by atoms with E-state index in [0.29, 0.717) is 24.3 Å². The lowest BCUT2D eigenvalue weighted by atomic mass is 10.0. The predicted molar refractivity (Wildman–Crippen MR) is 187 cm³/mol. The van der Waals surface area contributed by atoms with Gasteiger partial charge in [-0.25, -0.2) is 9.59 Å². The molecule has 4 aromatic rings. The van der Waals surface area contributed by atoms with Gasteiger partial charge in [0.2, 0.25) is 0 Å². The smallest absolute Gasteiger partial charge is 0.414 e. The number of carbonyl (C=O) groups is 2. The first-order valence-corrected chi connectivity index (χ1v) is 16.0. The van der Waals surface area contributed by atoms with Gasteiger partial charge in [0.05, 0.1) is 13.2 Å². The number of benzene rings is 4. The Hall–Kier alpha value is -5.06. The number of aromatic hydroxyl groups is 2. The van der Waals surface area contributed by atoms with E-state index in [1.165, 1.54) is 0 Å². The molecule has 0 saturated carbocycles. The molecule has 0 spiro atoms. The Balaban J connectivity index is 0.000000286. The van der Waals surface area contributed by atoms with E-state index in [1.54, 1.807) is 12.1 Å². The first kappa shape index (κ1) is 39.1. The number of carboxylic acids is 2. The fourth-order valence-electron chi connectivity index (χ4n) is 4.48. The molecular weight excluding hydrogens is 612 g/mol. The highest BCUT2D eigenvalue weighted by Gasteiger charge is 2.08. The Morgan fingerprint density at radius 3 is 1.19 bits per heavy atom. The first-order chi connectivity index (χ1) is 23.3. The van der Waals surface area contributed by atoms with Crippen LogP contribution in [0.2, 0.25) is 0 Å². The van der Waals surface area contributed by atoms with Crippen molar-refractivity contribution in [2.24, 2.45) is 0 Å². The second-order valence-corrected chi connectivity index (χ2v) is 10.8. The molecule has 0 heterocycles. The summed E-state index contributed by atoms with van der Waals surface area (Å²) >= 11 is 0. The lowest BCUT2D eigenvalue weighted by molar-refractivity contribution is -0.159. The van der Waals surface area contributed by atoms with Gasteiger partial charge in [0, 0.05) is 12.8 Å². The highest BCUT2D eigenvalue weighted by molar-refractivity contribution is 6.27. The summed E-state index contributed by atoms with van der Waals surface area (Å²) in [5.74, 6) is -1.16. The molecule has 0 aliphatic heterocycles. The Morgan fingerprint density at radius 1 is 0.521 bits per heavy atom. The summed E-state index contributed by atoms with van der Waals surface area (Å²) in [6.45, 7) is 3.48. The molecule has 10 nitrogen and oxygen atoms in total. The van der Waals surface area contributed by atoms with Crippen LogP contribution >= 0.6 is 0 Å². The molecule has 10 heteroatoms. The van der Waals surface area contributed by atoms with Crippen LogP contribution in [0.5, 0.6) is 23.0 Å². The average molecular weight is 661 g/mol. The second-order valence-electron chi connectivity index (χ2n) is 10.8.